The molecule has 3 heteroatoms. The lowest BCUT2D eigenvalue weighted by molar-refractivity contribution is 0.645. The van der Waals surface area contributed by atoms with Crippen LogP contribution < -0.4 is 5.73 Å². The summed E-state index contributed by atoms with van der Waals surface area (Å²) in [6.45, 7) is 2.07. The zero-order chi connectivity index (χ0) is 12.7. The lowest BCUT2D eigenvalue weighted by Gasteiger charge is -2.07. The third kappa shape index (κ3) is 2.20. The van der Waals surface area contributed by atoms with Crippen LogP contribution in [0.15, 0.2) is 30.3 Å². The first-order valence-electron chi connectivity index (χ1n) is 6.27. The highest BCUT2D eigenvalue weighted by molar-refractivity contribution is 7.15. The first-order chi connectivity index (χ1) is 8.66. The second-order valence-corrected chi connectivity index (χ2v) is 6.50. The summed E-state index contributed by atoms with van der Waals surface area (Å²) in [5.41, 5.74) is 8.61. The van der Waals surface area contributed by atoms with Crippen molar-refractivity contribution in [2.24, 2.45) is 11.7 Å². The minimum Gasteiger partial charge on any atom is -0.323 e. The fourth-order valence-corrected chi connectivity index (χ4v) is 3.60. The molecule has 2 aromatic rings. The van der Waals surface area contributed by atoms with E-state index in [1.807, 2.05) is 12.1 Å². The minimum absolute atomic E-state index is 0.225. The number of rotatable bonds is 3. The largest absolute Gasteiger partial charge is 0.323 e. The van der Waals surface area contributed by atoms with E-state index >= 15 is 0 Å². The predicted molar refractivity (Wildman–Crippen MR) is 79.2 cm³/mol. The maximum absolute atomic E-state index is 6.24. The summed E-state index contributed by atoms with van der Waals surface area (Å²) in [6, 6.07) is 10.6. The average Bonchev–Trinajstić information content (AvgIpc) is 3.10. The van der Waals surface area contributed by atoms with Gasteiger partial charge in [-0.3, -0.25) is 0 Å². The van der Waals surface area contributed by atoms with Crippen molar-refractivity contribution in [3.05, 3.63) is 45.8 Å². The minimum atomic E-state index is 0.225. The molecule has 1 heterocycles. The van der Waals surface area contributed by atoms with Crippen LogP contribution in [-0.4, -0.2) is 0 Å². The van der Waals surface area contributed by atoms with Gasteiger partial charge in [0.05, 0.1) is 0 Å². The van der Waals surface area contributed by atoms with Crippen LogP contribution in [0.25, 0.3) is 10.4 Å². The highest BCUT2D eigenvalue weighted by Crippen LogP contribution is 2.43. The molecule has 0 radical (unpaired) electrons. The molecule has 1 unspecified atom stereocenters. The third-order valence-corrected chi connectivity index (χ3v) is 5.25. The molecular weight excluding hydrogens is 262 g/mol. The molecule has 1 nitrogen and oxygen atoms in total. The highest BCUT2D eigenvalue weighted by atomic mass is 35.5. The molecule has 0 amide bonds. The van der Waals surface area contributed by atoms with Crippen molar-refractivity contribution in [1.29, 1.82) is 0 Å². The molecule has 3 rings (SSSR count). The average molecular weight is 278 g/mol. The standard InChI is InChI=1S/C15H16ClNS/c1-9-11(3-2-4-12(9)16)13-7-8-14(18-13)15(17)10-5-6-10/h2-4,7-8,10,15H,5-6,17H2,1H3. The van der Waals surface area contributed by atoms with Gasteiger partial charge in [-0.15, -0.1) is 11.3 Å². The van der Waals surface area contributed by atoms with Gasteiger partial charge in [-0.05, 0) is 55.0 Å². The molecular formula is C15H16ClNS. The maximum Gasteiger partial charge on any atom is 0.0441 e. The molecule has 0 spiro atoms. The Morgan fingerprint density at radius 1 is 1.28 bits per heavy atom. The quantitative estimate of drug-likeness (QED) is 0.858. The maximum atomic E-state index is 6.24. The fourth-order valence-electron chi connectivity index (χ4n) is 2.24. The SMILES string of the molecule is Cc1c(Cl)cccc1-c1ccc(C(N)C2CC2)s1. The van der Waals surface area contributed by atoms with Crippen LogP contribution in [-0.2, 0) is 0 Å². The third-order valence-electron chi connectivity index (χ3n) is 3.62. The van der Waals surface area contributed by atoms with Crippen LogP contribution in [0.4, 0.5) is 0 Å². The summed E-state index contributed by atoms with van der Waals surface area (Å²) in [7, 11) is 0. The Kier molecular flexibility index (Phi) is 3.18. The highest BCUT2D eigenvalue weighted by Gasteiger charge is 2.30. The van der Waals surface area contributed by atoms with Crippen molar-refractivity contribution in [2.45, 2.75) is 25.8 Å². The number of nitrogens with two attached hydrogens (primary N) is 1. The molecule has 0 saturated heterocycles. The van der Waals surface area contributed by atoms with Gasteiger partial charge in [0.15, 0.2) is 0 Å². The molecule has 1 atom stereocenters. The molecule has 1 aromatic heterocycles. The lowest BCUT2D eigenvalue weighted by atomic mass is 10.1. The molecule has 0 aliphatic heterocycles. The summed E-state index contributed by atoms with van der Waals surface area (Å²) in [5, 5.41) is 0.828. The number of benzene rings is 1. The van der Waals surface area contributed by atoms with E-state index < -0.39 is 0 Å². The molecule has 1 saturated carbocycles. The monoisotopic (exact) mass is 277 g/mol. The number of halogens is 1. The van der Waals surface area contributed by atoms with Crippen LogP contribution in [0.2, 0.25) is 5.02 Å². The Morgan fingerprint density at radius 2 is 2.06 bits per heavy atom. The van der Waals surface area contributed by atoms with Gasteiger partial charge in [0, 0.05) is 20.8 Å². The van der Waals surface area contributed by atoms with Gasteiger partial charge in [0.1, 0.15) is 0 Å². The number of hydrogen-bond acceptors (Lipinski definition) is 2. The molecule has 1 aromatic carbocycles. The molecule has 1 aliphatic carbocycles. The van der Waals surface area contributed by atoms with Crippen molar-refractivity contribution in [2.75, 3.05) is 0 Å². The second kappa shape index (κ2) is 4.69. The van der Waals surface area contributed by atoms with E-state index in [0.717, 1.165) is 10.6 Å². The first kappa shape index (κ1) is 12.2. The van der Waals surface area contributed by atoms with Gasteiger partial charge in [-0.2, -0.15) is 0 Å². The molecule has 0 bridgehead atoms. The van der Waals surface area contributed by atoms with Crippen molar-refractivity contribution >= 4 is 22.9 Å². The molecule has 1 fully saturated rings. The van der Waals surface area contributed by atoms with Crippen molar-refractivity contribution < 1.29 is 0 Å². The number of thiophene rings is 1. The lowest BCUT2D eigenvalue weighted by Crippen LogP contribution is -2.10. The van der Waals surface area contributed by atoms with Gasteiger partial charge in [-0.25, -0.2) is 0 Å². The van der Waals surface area contributed by atoms with Crippen LogP contribution in [0.5, 0.6) is 0 Å². The molecule has 2 N–H and O–H groups in total. The molecule has 1 aliphatic rings. The van der Waals surface area contributed by atoms with Crippen LogP contribution in [0, 0.1) is 12.8 Å². The van der Waals surface area contributed by atoms with E-state index in [4.69, 9.17) is 17.3 Å². The second-order valence-electron chi connectivity index (χ2n) is 4.98. The van der Waals surface area contributed by atoms with Crippen LogP contribution in [0.1, 0.15) is 29.3 Å². The summed E-state index contributed by atoms with van der Waals surface area (Å²) < 4.78 is 0. The first-order valence-corrected chi connectivity index (χ1v) is 7.47. The molecule has 18 heavy (non-hydrogen) atoms. The summed E-state index contributed by atoms with van der Waals surface area (Å²) >= 11 is 7.98. The Morgan fingerprint density at radius 3 is 2.78 bits per heavy atom. The Balaban J connectivity index is 1.94. The normalized spacial score (nSPS) is 16.8. The van der Waals surface area contributed by atoms with Gasteiger partial charge >= 0.3 is 0 Å². The van der Waals surface area contributed by atoms with Crippen molar-refractivity contribution in [3.8, 4) is 10.4 Å². The van der Waals surface area contributed by atoms with E-state index in [0.29, 0.717) is 5.92 Å². The summed E-state index contributed by atoms with van der Waals surface area (Å²) in [5.74, 6) is 0.706. The van der Waals surface area contributed by atoms with Gasteiger partial charge in [0.2, 0.25) is 0 Å². The molecule has 94 valence electrons. The Labute approximate surface area is 117 Å². The van der Waals surface area contributed by atoms with E-state index in [1.54, 1.807) is 11.3 Å². The van der Waals surface area contributed by atoms with Crippen molar-refractivity contribution in [1.82, 2.24) is 0 Å². The van der Waals surface area contributed by atoms with Crippen LogP contribution >= 0.6 is 22.9 Å². The van der Waals surface area contributed by atoms with E-state index in [9.17, 15) is 0 Å². The van der Waals surface area contributed by atoms with E-state index in [1.165, 1.54) is 28.2 Å². The van der Waals surface area contributed by atoms with E-state index in [2.05, 4.69) is 25.1 Å². The van der Waals surface area contributed by atoms with Gasteiger partial charge < -0.3 is 5.73 Å². The summed E-state index contributed by atoms with van der Waals surface area (Å²) in [4.78, 5) is 2.56. The Hall–Kier alpha value is -0.830. The smallest absolute Gasteiger partial charge is 0.0441 e. The Bertz CT molecular complexity index is 572. The van der Waals surface area contributed by atoms with Crippen LogP contribution in [0.3, 0.4) is 0 Å². The zero-order valence-corrected chi connectivity index (χ0v) is 11.9. The zero-order valence-electron chi connectivity index (χ0n) is 10.3. The number of hydrogen-bond donors (Lipinski definition) is 1. The fraction of sp³-hybridized carbons (Fsp3) is 0.333. The van der Waals surface area contributed by atoms with Crippen molar-refractivity contribution in [3.63, 3.8) is 0 Å². The van der Waals surface area contributed by atoms with Gasteiger partial charge in [0.25, 0.3) is 0 Å². The summed E-state index contributed by atoms with van der Waals surface area (Å²) in [6.07, 6.45) is 2.56. The topological polar surface area (TPSA) is 26.0 Å². The predicted octanol–water partition coefficient (Wildman–Crippen LogP) is 4.79. The van der Waals surface area contributed by atoms with E-state index in [-0.39, 0.29) is 6.04 Å². The van der Waals surface area contributed by atoms with Gasteiger partial charge in [-0.1, -0.05) is 23.7 Å².